The van der Waals surface area contributed by atoms with Crippen molar-refractivity contribution in [1.29, 1.82) is 5.26 Å². The summed E-state index contributed by atoms with van der Waals surface area (Å²) in [5.41, 5.74) is -3.44. The summed E-state index contributed by atoms with van der Waals surface area (Å²) in [5, 5.41) is 10.5. The van der Waals surface area contributed by atoms with Gasteiger partial charge in [-0.1, -0.05) is 63.1 Å². The first-order chi connectivity index (χ1) is 18.0. The molecular formula is C30H36F6N2. The zero-order valence-corrected chi connectivity index (χ0v) is 22.0. The van der Waals surface area contributed by atoms with E-state index >= 15 is 0 Å². The van der Waals surface area contributed by atoms with Crippen LogP contribution in [0.4, 0.5) is 26.3 Å². The predicted molar refractivity (Wildman–Crippen MR) is 136 cm³/mol. The fourth-order valence-corrected chi connectivity index (χ4v) is 6.07. The van der Waals surface area contributed by atoms with Gasteiger partial charge in [-0.15, -0.1) is 0 Å². The van der Waals surface area contributed by atoms with Crippen LogP contribution in [-0.2, 0) is 24.2 Å². The summed E-state index contributed by atoms with van der Waals surface area (Å²) in [6.45, 7) is 5.71. The fraction of sp³-hybridized carbons (Fsp3) is 0.567. The molecule has 1 saturated carbocycles. The SMILES string of the molecule is CCC(CCC(C#N)(c1ccc(C(F)(F)F)c(C(F)(F)F)c1)C1CCCC1)N(CC)CCc1ccccc1. The van der Waals surface area contributed by atoms with Crippen LogP contribution in [0.1, 0.15) is 81.0 Å². The lowest BCUT2D eigenvalue weighted by atomic mass is 9.66. The average Bonchev–Trinajstić information content (AvgIpc) is 3.43. The second-order valence-corrected chi connectivity index (χ2v) is 10.3. The van der Waals surface area contributed by atoms with Crippen molar-refractivity contribution in [3.8, 4) is 6.07 Å². The number of hydrogen-bond donors (Lipinski definition) is 0. The van der Waals surface area contributed by atoms with Gasteiger partial charge >= 0.3 is 12.4 Å². The molecular weight excluding hydrogens is 502 g/mol. The average molecular weight is 539 g/mol. The van der Waals surface area contributed by atoms with Gasteiger partial charge in [0.2, 0.25) is 0 Å². The normalized spacial score (nSPS) is 17.4. The number of hydrogen-bond acceptors (Lipinski definition) is 2. The smallest absolute Gasteiger partial charge is 0.300 e. The molecule has 38 heavy (non-hydrogen) atoms. The minimum Gasteiger partial charge on any atom is -0.300 e. The van der Waals surface area contributed by atoms with Crippen LogP contribution in [-0.4, -0.2) is 24.0 Å². The molecule has 0 amide bonds. The van der Waals surface area contributed by atoms with Crippen LogP contribution in [0, 0.1) is 17.2 Å². The number of nitrogens with zero attached hydrogens (tertiary/aromatic N) is 2. The van der Waals surface area contributed by atoms with Gasteiger partial charge in [-0.05, 0) is 74.2 Å². The molecule has 0 saturated heterocycles. The third-order valence-corrected chi connectivity index (χ3v) is 8.19. The van der Waals surface area contributed by atoms with E-state index in [1.807, 2.05) is 18.2 Å². The second-order valence-electron chi connectivity index (χ2n) is 10.3. The third kappa shape index (κ3) is 6.91. The van der Waals surface area contributed by atoms with Crippen LogP contribution >= 0.6 is 0 Å². The van der Waals surface area contributed by atoms with Gasteiger partial charge < -0.3 is 4.90 Å². The van der Waals surface area contributed by atoms with E-state index in [0.29, 0.717) is 37.8 Å². The monoisotopic (exact) mass is 538 g/mol. The molecule has 0 spiro atoms. The van der Waals surface area contributed by atoms with Gasteiger partial charge in [0.05, 0.1) is 22.6 Å². The molecule has 0 radical (unpaired) electrons. The summed E-state index contributed by atoms with van der Waals surface area (Å²) in [4.78, 5) is 2.33. The van der Waals surface area contributed by atoms with E-state index in [1.165, 1.54) is 5.56 Å². The quantitative estimate of drug-likeness (QED) is 0.267. The number of nitriles is 1. The van der Waals surface area contributed by atoms with E-state index in [0.717, 1.165) is 44.8 Å². The van der Waals surface area contributed by atoms with E-state index in [4.69, 9.17) is 0 Å². The van der Waals surface area contributed by atoms with Crippen molar-refractivity contribution in [2.45, 2.75) is 89.0 Å². The lowest BCUT2D eigenvalue weighted by Crippen LogP contribution is -2.40. The maximum atomic E-state index is 13.8. The molecule has 1 aliphatic carbocycles. The van der Waals surface area contributed by atoms with E-state index < -0.39 is 28.9 Å². The molecule has 2 atom stereocenters. The number of benzene rings is 2. The minimum atomic E-state index is -5.18. The Bertz CT molecular complexity index is 1070. The summed E-state index contributed by atoms with van der Waals surface area (Å²) in [5.74, 6) is -0.192. The Morgan fingerprint density at radius 2 is 1.55 bits per heavy atom. The minimum absolute atomic E-state index is 0.0504. The highest BCUT2D eigenvalue weighted by molar-refractivity contribution is 5.43. The third-order valence-electron chi connectivity index (χ3n) is 8.19. The van der Waals surface area contributed by atoms with Crippen molar-refractivity contribution in [3.63, 3.8) is 0 Å². The lowest BCUT2D eigenvalue weighted by Gasteiger charge is -2.37. The fourth-order valence-electron chi connectivity index (χ4n) is 6.07. The highest BCUT2D eigenvalue weighted by atomic mass is 19.4. The second kappa shape index (κ2) is 12.5. The van der Waals surface area contributed by atoms with Crippen molar-refractivity contribution >= 4 is 0 Å². The Labute approximate surface area is 221 Å². The van der Waals surface area contributed by atoms with Gasteiger partial charge in [0, 0.05) is 12.6 Å². The molecule has 2 aromatic rings. The van der Waals surface area contributed by atoms with Crippen LogP contribution in [0.5, 0.6) is 0 Å². The molecule has 208 valence electrons. The standard InChI is InChI=1S/C30H36F6N2/c1-3-25(38(4-2)19-17-22-10-6-5-7-11-22)16-18-28(21-37,23-12-8-9-13-23)24-14-15-26(29(31,32)33)27(20-24)30(34,35)36/h5-7,10-11,14-15,20,23,25H,3-4,8-9,12-13,16-19H2,1-2H3. The van der Waals surface area contributed by atoms with E-state index in [-0.39, 0.29) is 17.5 Å². The van der Waals surface area contributed by atoms with Gasteiger partial charge in [0.15, 0.2) is 0 Å². The van der Waals surface area contributed by atoms with E-state index in [1.54, 1.807) is 0 Å². The van der Waals surface area contributed by atoms with E-state index in [2.05, 4.69) is 36.9 Å². The summed E-state index contributed by atoms with van der Waals surface area (Å²) in [7, 11) is 0. The van der Waals surface area contributed by atoms with Crippen LogP contribution < -0.4 is 0 Å². The van der Waals surface area contributed by atoms with Gasteiger partial charge in [0.25, 0.3) is 0 Å². The Morgan fingerprint density at radius 1 is 0.921 bits per heavy atom. The largest absolute Gasteiger partial charge is 0.417 e. The summed E-state index contributed by atoms with van der Waals surface area (Å²) in [6.07, 6.45) is -4.72. The van der Waals surface area contributed by atoms with Gasteiger partial charge in [-0.2, -0.15) is 31.6 Å². The van der Waals surface area contributed by atoms with Crippen molar-refractivity contribution in [2.75, 3.05) is 13.1 Å². The summed E-state index contributed by atoms with van der Waals surface area (Å²) in [6, 6.07) is 14.7. The number of halogens is 6. The molecule has 3 rings (SSSR count). The summed E-state index contributed by atoms with van der Waals surface area (Å²) >= 11 is 0. The Morgan fingerprint density at radius 3 is 2.08 bits per heavy atom. The molecule has 2 nitrogen and oxygen atoms in total. The van der Waals surface area contributed by atoms with Gasteiger partial charge in [-0.3, -0.25) is 0 Å². The van der Waals surface area contributed by atoms with Crippen molar-refractivity contribution < 1.29 is 26.3 Å². The van der Waals surface area contributed by atoms with E-state index in [9.17, 15) is 31.6 Å². The zero-order chi connectivity index (χ0) is 28.0. The van der Waals surface area contributed by atoms with Crippen LogP contribution in [0.3, 0.4) is 0 Å². The van der Waals surface area contributed by atoms with Gasteiger partial charge in [-0.25, -0.2) is 0 Å². The molecule has 0 aromatic heterocycles. The molecule has 0 heterocycles. The van der Waals surface area contributed by atoms with Gasteiger partial charge in [0.1, 0.15) is 0 Å². The van der Waals surface area contributed by atoms with Crippen LogP contribution in [0.2, 0.25) is 0 Å². The first kappa shape index (κ1) is 30.0. The number of likely N-dealkylation sites (N-methyl/N-ethyl adjacent to an activating group) is 1. The lowest BCUT2D eigenvalue weighted by molar-refractivity contribution is -0.162. The molecule has 0 bridgehead atoms. The Hall–Kier alpha value is -2.53. The Kier molecular flexibility index (Phi) is 9.91. The van der Waals surface area contributed by atoms with Crippen LogP contribution in [0.25, 0.3) is 0 Å². The topological polar surface area (TPSA) is 27.0 Å². The Balaban J connectivity index is 1.93. The molecule has 0 N–H and O–H groups in total. The molecule has 0 aliphatic heterocycles. The summed E-state index contributed by atoms with van der Waals surface area (Å²) < 4.78 is 81.7. The first-order valence-electron chi connectivity index (χ1n) is 13.4. The van der Waals surface area contributed by atoms with Crippen molar-refractivity contribution in [1.82, 2.24) is 4.90 Å². The maximum Gasteiger partial charge on any atom is 0.417 e. The maximum absolute atomic E-state index is 13.8. The molecule has 1 aliphatic rings. The van der Waals surface area contributed by atoms with Crippen LogP contribution in [0.15, 0.2) is 48.5 Å². The number of rotatable bonds is 11. The van der Waals surface area contributed by atoms with Crippen molar-refractivity contribution in [3.05, 3.63) is 70.8 Å². The number of alkyl halides is 6. The molecule has 8 heteroatoms. The highest BCUT2D eigenvalue weighted by Crippen LogP contribution is 2.48. The molecule has 2 unspecified atom stereocenters. The zero-order valence-electron chi connectivity index (χ0n) is 22.0. The predicted octanol–water partition coefficient (Wildman–Crippen LogP) is 8.80. The molecule has 1 fully saturated rings. The first-order valence-corrected chi connectivity index (χ1v) is 13.4. The highest BCUT2D eigenvalue weighted by Gasteiger charge is 2.47. The van der Waals surface area contributed by atoms with Crippen molar-refractivity contribution in [2.24, 2.45) is 5.92 Å². The molecule has 2 aromatic carbocycles.